The molecule has 0 bridgehead atoms. The molecule has 1 aromatic carbocycles. The first-order chi connectivity index (χ1) is 11.9. The number of fused-ring (bicyclic) bond motifs is 1. The van der Waals surface area contributed by atoms with Crippen LogP contribution in [0, 0.1) is 11.6 Å². The molecular formula is C17H15ClF2N4O. The highest BCUT2D eigenvalue weighted by molar-refractivity contribution is 6.32. The second-order valence-electron chi connectivity index (χ2n) is 5.62. The van der Waals surface area contributed by atoms with Crippen molar-refractivity contribution in [2.24, 2.45) is 0 Å². The van der Waals surface area contributed by atoms with E-state index in [9.17, 15) is 8.78 Å². The van der Waals surface area contributed by atoms with E-state index in [0.29, 0.717) is 18.5 Å². The SMILES string of the molecule is C=C(C)CCc1c(-c2c(F)cc(OC)cc2F)c(Cl)nc2ncnn12. The predicted molar refractivity (Wildman–Crippen MR) is 90.8 cm³/mol. The van der Waals surface area contributed by atoms with Crippen LogP contribution < -0.4 is 4.74 Å². The second kappa shape index (κ2) is 6.76. The van der Waals surface area contributed by atoms with E-state index < -0.39 is 11.6 Å². The lowest BCUT2D eigenvalue weighted by molar-refractivity contribution is 0.407. The number of halogens is 3. The maximum atomic E-state index is 14.6. The normalized spacial score (nSPS) is 11.1. The molecule has 3 aromatic rings. The molecule has 0 N–H and O–H groups in total. The molecule has 25 heavy (non-hydrogen) atoms. The van der Waals surface area contributed by atoms with Gasteiger partial charge in [0.05, 0.1) is 18.4 Å². The lowest BCUT2D eigenvalue weighted by Gasteiger charge is -2.15. The summed E-state index contributed by atoms with van der Waals surface area (Å²) in [5.41, 5.74) is 1.31. The summed E-state index contributed by atoms with van der Waals surface area (Å²) in [6.45, 7) is 5.73. The summed E-state index contributed by atoms with van der Waals surface area (Å²) in [6.07, 6.45) is 2.34. The van der Waals surface area contributed by atoms with Crippen LogP contribution >= 0.6 is 11.6 Å². The molecule has 2 heterocycles. The minimum absolute atomic E-state index is 0.0415. The van der Waals surface area contributed by atoms with Crippen LogP contribution in [0.3, 0.4) is 0 Å². The first-order valence-electron chi connectivity index (χ1n) is 7.48. The topological polar surface area (TPSA) is 52.3 Å². The van der Waals surface area contributed by atoms with Crippen molar-refractivity contribution in [1.82, 2.24) is 19.6 Å². The molecule has 0 fully saturated rings. The Kier molecular flexibility index (Phi) is 4.67. The number of allylic oxidation sites excluding steroid dienone is 1. The van der Waals surface area contributed by atoms with Crippen LogP contribution in [0.4, 0.5) is 8.78 Å². The summed E-state index contributed by atoms with van der Waals surface area (Å²) in [4.78, 5) is 8.09. The van der Waals surface area contributed by atoms with Gasteiger partial charge in [-0.15, -0.1) is 6.58 Å². The Morgan fingerprint density at radius 1 is 1.28 bits per heavy atom. The minimum Gasteiger partial charge on any atom is -0.497 e. The Morgan fingerprint density at radius 2 is 1.96 bits per heavy atom. The summed E-state index contributed by atoms with van der Waals surface area (Å²) in [5, 5.41) is 4.06. The number of rotatable bonds is 5. The molecule has 0 spiro atoms. The van der Waals surface area contributed by atoms with Gasteiger partial charge in [-0.05, 0) is 19.8 Å². The van der Waals surface area contributed by atoms with Crippen molar-refractivity contribution in [1.29, 1.82) is 0 Å². The minimum atomic E-state index is -0.795. The Hall–Kier alpha value is -2.54. The summed E-state index contributed by atoms with van der Waals surface area (Å²) < 4.78 is 35.5. The lowest BCUT2D eigenvalue weighted by atomic mass is 10.00. The van der Waals surface area contributed by atoms with Crippen molar-refractivity contribution in [3.63, 3.8) is 0 Å². The van der Waals surface area contributed by atoms with Gasteiger partial charge >= 0.3 is 0 Å². The largest absolute Gasteiger partial charge is 0.497 e. The van der Waals surface area contributed by atoms with Gasteiger partial charge in [-0.3, -0.25) is 0 Å². The van der Waals surface area contributed by atoms with E-state index in [1.165, 1.54) is 18.0 Å². The molecule has 3 rings (SSSR count). The maximum Gasteiger partial charge on any atom is 0.253 e. The van der Waals surface area contributed by atoms with Gasteiger partial charge in [0.15, 0.2) is 0 Å². The van der Waals surface area contributed by atoms with Gasteiger partial charge in [0, 0.05) is 17.7 Å². The first-order valence-corrected chi connectivity index (χ1v) is 7.86. The molecule has 2 aromatic heterocycles. The highest BCUT2D eigenvalue weighted by Gasteiger charge is 2.23. The number of hydrogen-bond donors (Lipinski definition) is 0. The van der Waals surface area contributed by atoms with E-state index in [0.717, 1.165) is 17.7 Å². The smallest absolute Gasteiger partial charge is 0.253 e. The number of aromatic nitrogens is 4. The summed E-state index contributed by atoms with van der Waals surface area (Å²) in [7, 11) is 1.34. The van der Waals surface area contributed by atoms with E-state index in [-0.39, 0.29) is 27.8 Å². The zero-order valence-corrected chi connectivity index (χ0v) is 14.4. The van der Waals surface area contributed by atoms with Gasteiger partial charge in [0.2, 0.25) is 0 Å². The van der Waals surface area contributed by atoms with Crippen LogP contribution in [0.25, 0.3) is 16.9 Å². The molecule has 0 saturated heterocycles. The molecule has 0 saturated carbocycles. The molecule has 0 aliphatic heterocycles. The number of hydrogen-bond acceptors (Lipinski definition) is 4. The van der Waals surface area contributed by atoms with E-state index in [1.54, 1.807) is 0 Å². The number of benzene rings is 1. The quantitative estimate of drug-likeness (QED) is 0.502. The van der Waals surface area contributed by atoms with Gasteiger partial charge in [-0.25, -0.2) is 13.3 Å². The van der Waals surface area contributed by atoms with E-state index in [2.05, 4.69) is 21.6 Å². The van der Waals surface area contributed by atoms with Gasteiger partial charge in [-0.2, -0.15) is 15.1 Å². The van der Waals surface area contributed by atoms with Crippen molar-refractivity contribution in [3.05, 3.63) is 53.1 Å². The average molecular weight is 365 g/mol. The molecule has 8 heteroatoms. The molecular weight excluding hydrogens is 350 g/mol. The van der Waals surface area contributed by atoms with Crippen molar-refractivity contribution in [2.75, 3.05) is 7.11 Å². The Bertz CT molecular complexity index is 948. The average Bonchev–Trinajstić information content (AvgIpc) is 3.00. The van der Waals surface area contributed by atoms with Crippen LogP contribution in [0.15, 0.2) is 30.6 Å². The van der Waals surface area contributed by atoms with E-state index in [1.807, 2.05) is 6.92 Å². The van der Waals surface area contributed by atoms with Crippen molar-refractivity contribution < 1.29 is 13.5 Å². The lowest BCUT2D eigenvalue weighted by Crippen LogP contribution is -2.07. The number of ether oxygens (including phenoxy) is 1. The Labute approximate surface area is 147 Å². The molecule has 130 valence electrons. The zero-order valence-electron chi connectivity index (χ0n) is 13.7. The summed E-state index contributed by atoms with van der Waals surface area (Å²) in [6, 6.07) is 2.20. The summed E-state index contributed by atoms with van der Waals surface area (Å²) in [5.74, 6) is -1.25. The molecule has 0 aliphatic rings. The molecule has 0 radical (unpaired) electrons. The van der Waals surface area contributed by atoms with Gasteiger partial charge in [-0.1, -0.05) is 17.2 Å². The standard InChI is InChI=1S/C17H15ClF2N4O/c1-9(2)4-5-13-15(16(18)23-17-21-8-22-24(13)17)14-11(19)6-10(25-3)7-12(14)20/h6-8H,1,4-5H2,2-3H3. The van der Waals surface area contributed by atoms with Gasteiger partial charge in [0.1, 0.15) is 28.9 Å². The third-order valence-electron chi connectivity index (χ3n) is 3.77. The first kappa shape index (κ1) is 17.3. The fourth-order valence-corrected chi connectivity index (χ4v) is 2.87. The molecule has 0 unspecified atom stereocenters. The third kappa shape index (κ3) is 3.19. The van der Waals surface area contributed by atoms with Crippen LogP contribution in [0.1, 0.15) is 19.0 Å². The van der Waals surface area contributed by atoms with E-state index in [4.69, 9.17) is 16.3 Å². The fourth-order valence-electron chi connectivity index (χ4n) is 2.59. The highest BCUT2D eigenvalue weighted by Crippen LogP contribution is 2.36. The fraction of sp³-hybridized carbons (Fsp3) is 0.235. The zero-order chi connectivity index (χ0) is 18.1. The molecule has 0 amide bonds. The monoisotopic (exact) mass is 364 g/mol. The van der Waals surface area contributed by atoms with Crippen molar-refractivity contribution >= 4 is 17.4 Å². The van der Waals surface area contributed by atoms with Crippen molar-refractivity contribution in [2.45, 2.75) is 19.8 Å². The van der Waals surface area contributed by atoms with Crippen LogP contribution in [0.2, 0.25) is 5.15 Å². The van der Waals surface area contributed by atoms with Gasteiger partial charge in [0.25, 0.3) is 5.78 Å². The number of methoxy groups -OCH3 is 1. The predicted octanol–water partition coefficient (Wildman–Crippen LogP) is 4.24. The maximum absolute atomic E-state index is 14.6. The van der Waals surface area contributed by atoms with Crippen molar-refractivity contribution in [3.8, 4) is 16.9 Å². The Balaban J connectivity index is 2.30. The van der Waals surface area contributed by atoms with E-state index >= 15 is 0 Å². The highest BCUT2D eigenvalue weighted by atomic mass is 35.5. The van der Waals surface area contributed by atoms with Crippen LogP contribution in [-0.4, -0.2) is 26.7 Å². The Morgan fingerprint density at radius 3 is 2.56 bits per heavy atom. The molecule has 0 aliphatic carbocycles. The summed E-state index contributed by atoms with van der Waals surface area (Å²) >= 11 is 6.25. The second-order valence-corrected chi connectivity index (χ2v) is 5.98. The van der Waals surface area contributed by atoms with Crippen LogP contribution in [0.5, 0.6) is 5.75 Å². The molecule has 5 nitrogen and oxygen atoms in total. The van der Waals surface area contributed by atoms with Gasteiger partial charge < -0.3 is 4.74 Å². The van der Waals surface area contributed by atoms with Crippen LogP contribution in [-0.2, 0) is 6.42 Å². The number of aryl methyl sites for hydroxylation is 1. The number of nitrogens with zero attached hydrogens (tertiary/aromatic N) is 4. The third-order valence-corrected chi connectivity index (χ3v) is 4.04. The molecule has 0 atom stereocenters.